The van der Waals surface area contributed by atoms with Crippen LogP contribution in [0, 0.1) is 19.8 Å². The summed E-state index contributed by atoms with van der Waals surface area (Å²) in [7, 11) is 1.42. The average Bonchev–Trinajstić information content (AvgIpc) is 2.94. The van der Waals surface area contributed by atoms with Gasteiger partial charge in [-0.1, -0.05) is 41.6 Å². The summed E-state index contributed by atoms with van der Waals surface area (Å²) in [6, 6.07) is 19.7. The molecule has 0 radical (unpaired) electrons. The maximum atomic E-state index is 13.0. The number of hydrogen-bond donors (Lipinski definition) is 2. The maximum Gasteiger partial charge on any atom is 0.308 e. The summed E-state index contributed by atoms with van der Waals surface area (Å²) >= 11 is 0. The summed E-state index contributed by atoms with van der Waals surface area (Å²) in [6.45, 7) is 3.98. The molecule has 38 heavy (non-hydrogen) atoms. The van der Waals surface area contributed by atoms with Crippen LogP contribution in [-0.4, -0.2) is 40.9 Å². The summed E-state index contributed by atoms with van der Waals surface area (Å²) < 4.78 is 4.86. The third-order valence-corrected chi connectivity index (χ3v) is 7.48. The third-order valence-electron chi connectivity index (χ3n) is 7.48. The van der Waals surface area contributed by atoms with Gasteiger partial charge in [0.05, 0.1) is 18.7 Å². The fraction of sp³-hybridized carbons (Fsp3) is 0.355. The number of aryl methyl sites for hydroxylation is 2. The highest BCUT2D eigenvalue weighted by molar-refractivity contribution is 6.01. The molecule has 0 bridgehead atoms. The number of pyridine rings is 1. The van der Waals surface area contributed by atoms with Crippen molar-refractivity contribution in [2.45, 2.75) is 57.9 Å². The van der Waals surface area contributed by atoms with Crippen LogP contribution in [-0.2, 0) is 9.53 Å². The first-order valence-corrected chi connectivity index (χ1v) is 13.1. The Morgan fingerprint density at radius 1 is 1.03 bits per heavy atom. The number of carbonyl (C=O) groups is 2. The molecule has 1 aliphatic carbocycles. The fourth-order valence-corrected chi connectivity index (χ4v) is 5.30. The Morgan fingerprint density at radius 2 is 1.74 bits per heavy atom. The monoisotopic (exact) mass is 513 g/mol. The largest absolute Gasteiger partial charge is 0.469 e. The van der Waals surface area contributed by atoms with E-state index in [9.17, 15) is 14.8 Å². The Hall–Kier alpha value is -4.00. The number of esters is 1. The van der Waals surface area contributed by atoms with E-state index in [0.717, 1.165) is 53.6 Å². The highest BCUT2D eigenvalue weighted by atomic mass is 16.5. The van der Waals surface area contributed by atoms with E-state index in [2.05, 4.69) is 34.5 Å². The molecule has 3 aromatic rings. The molecule has 0 unspecified atom stereocenters. The molecule has 1 amide bonds. The lowest BCUT2D eigenvalue weighted by molar-refractivity contribution is -0.146. The number of nitrogens with one attached hydrogen (secondary N) is 1. The lowest BCUT2D eigenvalue weighted by Crippen LogP contribution is -2.38. The van der Waals surface area contributed by atoms with E-state index >= 15 is 0 Å². The molecule has 0 saturated heterocycles. The first-order chi connectivity index (χ1) is 18.4. The molecule has 7 nitrogen and oxygen atoms in total. The number of carbonyl (C=O) groups excluding carboxylic acids is 2. The second-order valence-corrected chi connectivity index (χ2v) is 10.0. The van der Waals surface area contributed by atoms with Crippen molar-refractivity contribution in [3.63, 3.8) is 0 Å². The van der Waals surface area contributed by atoms with Gasteiger partial charge in [-0.2, -0.15) is 0 Å². The average molecular weight is 514 g/mol. The lowest BCUT2D eigenvalue weighted by atomic mass is 9.83. The predicted octanol–water partition coefficient (Wildman–Crippen LogP) is 5.56. The van der Waals surface area contributed by atoms with E-state index in [1.54, 1.807) is 6.20 Å². The van der Waals surface area contributed by atoms with Crippen LogP contribution in [0.25, 0.3) is 0 Å². The van der Waals surface area contributed by atoms with Crippen LogP contribution in [0.5, 0.6) is 0 Å². The van der Waals surface area contributed by atoms with E-state index in [0.29, 0.717) is 17.7 Å². The van der Waals surface area contributed by atoms with Gasteiger partial charge in [0.1, 0.15) is 0 Å². The van der Waals surface area contributed by atoms with Gasteiger partial charge in [0.15, 0.2) is 0 Å². The van der Waals surface area contributed by atoms with Gasteiger partial charge in [-0.25, -0.2) is 0 Å². The molecule has 2 N–H and O–H groups in total. The zero-order valence-corrected chi connectivity index (χ0v) is 22.2. The molecule has 1 saturated carbocycles. The molecule has 1 aliphatic rings. The van der Waals surface area contributed by atoms with E-state index in [1.165, 1.54) is 7.11 Å². The van der Waals surface area contributed by atoms with Crippen LogP contribution in [0.4, 0.5) is 0 Å². The quantitative estimate of drug-likeness (QED) is 0.178. The summed E-state index contributed by atoms with van der Waals surface area (Å²) in [5, 5.41) is 16.7. The standard InChI is InChI=1S/C31H35N3O4/c1-20-6-4-5-7-27(20)28(19-29(34-37)25-16-17-32-21(2)18-25)22-8-10-23(11-9-22)30(35)33-26-14-12-24(13-15-26)31(36)38-3/h4-11,16-18,24,26,28,37H,12-15,19H2,1-3H3,(H,33,35)/b34-29-/t24?,26?,28-/m1/s1. The number of rotatable bonds is 8. The minimum absolute atomic E-state index is 0.0509. The van der Waals surface area contributed by atoms with Crippen LogP contribution in [0.1, 0.15) is 76.3 Å². The van der Waals surface area contributed by atoms with Crippen molar-refractivity contribution in [2.75, 3.05) is 7.11 Å². The smallest absolute Gasteiger partial charge is 0.308 e. The Balaban J connectivity index is 1.51. The van der Waals surface area contributed by atoms with Crippen molar-refractivity contribution in [3.05, 3.63) is 100 Å². The van der Waals surface area contributed by atoms with Crippen molar-refractivity contribution >= 4 is 17.6 Å². The number of benzene rings is 2. The van der Waals surface area contributed by atoms with E-state index < -0.39 is 0 Å². The molecule has 4 rings (SSSR count). The number of oxime groups is 1. The van der Waals surface area contributed by atoms with Gasteiger partial charge in [-0.05, 0) is 80.5 Å². The Morgan fingerprint density at radius 3 is 2.37 bits per heavy atom. The van der Waals surface area contributed by atoms with Gasteiger partial charge in [0, 0.05) is 41.4 Å². The Bertz CT molecular complexity index is 1290. The normalized spacial score (nSPS) is 18.4. The van der Waals surface area contributed by atoms with E-state index in [1.807, 2.05) is 55.5 Å². The minimum Gasteiger partial charge on any atom is -0.469 e. The van der Waals surface area contributed by atoms with Crippen LogP contribution < -0.4 is 5.32 Å². The van der Waals surface area contributed by atoms with Crippen molar-refractivity contribution in [1.82, 2.24) is 10.3 Å². The summed E-state index contributed by atoms with van der Waals surface area (Å²) in [5.41, 5.74) is 6.16. The van der Waals surface area contributed by atoms with Gasteiger partial charge in [0.25, 0.3) is 5.91 Å². The highest BCUT2D eigenvalue weighted by Gasteiger charge is 2.28. The van der Waals surface area contributed by atoms with Crippen LogP contribution in [0.3, 0.4) is 0 Å². The SMILES string of the molecule is COC(=O)C1CCC(NC(=O)c2ccc([C@@H](C/C(=N/O)c3ccnc(C)c3)c3ccccc3C)cc2)CC1. The highest BCUT2D eigenvalue weighted by Crippen LogP contribution is 2.32. The third kappa shape index (κ3) is 6.46. The van der Waals surface area contributed by atoms with Gasteiger partial charge < -0.3 is 15.3 Å². The summed E-state index contributed by atoms with van der Waals surface area (Å²) in [6.07, 6.45) is 5.17. The number of methoxy groups -OCH3 is 1. The Kier molecular flexibility index (Phi) is 8.89. The van der Waals surface area contributed by atoms with Gasteiger partial charge in [-0.3, -0.25) is 14.6 Å². The molecule has 198 valence electrons. The van der Waals surface area contributed by atoms with E-state index in [4.69, 9.17) is 4.74 Å². The topological polar surface area (TPSA) is 101 Å². The zero-order chi connectivity index (χ0) is 27.1. The van der Waals surface area contributed by atoms with Crippen LogP contribution in [0.15, 0.2) is 72.0 Å². The van der Waals surface area contributed by atoms with Gasteiger partial charge in [0.2, 0.25) is 0 Å². The number of hydrogen-bond acceptors (Lipinski definition) is 6. The Labute approximate surface area is 223 Å². The van der Waals surface area contributed by atoms with Crippen molar-refractivity contribution in [2.24, 2.45) is 11.1 Å². The number of amides is 1. The first-order valence-electron chi connectivity index (χ1n) is 13.1. The van der Waals surface area contributed by atoms with Crippen LogP contribution >= 0.6 is 0 Å². The predicted molar refractivity (Wildman–Crippen MR) is 147 cm³/mol. The van der Waals surface area contributed by atoms with Crippen molar-refractivity contribution in [1.29, 1.82) is 0 Å². The number of aromatic nitrogens is 1. The molecule has 1 fully saturated rings. The molecule has 0 spiro atoms. The van der Waals surface area contributed by atoms with Crippen LogP contribution in [0.2, 0.25) is 0 Å². The molecule has 1 aromatic heterocycles. The summed E-state index contributed by atoms with van der Waals surface area (Å²) in [5.74, 6) is -0.423. The number of nitrogens with zero attached hydrogens (tertiary/aromatic N) is 2. The zero-order valence-electron chi connectivity index (χ0n) is 22.2. The van der Waals surface area contributed by atoms with E-state index in [-0.39, 0.29) is 29.8 Å². The first kappa shape index (κ1) is 27.0. The lowest BCUT2D eigenvalue weighted by Gasteiger charge is -2.27. The van der Waals surface area contributed by atoms with Crippen molar-refractivity contribution in [3.8, 4) is 0 Å². The molecule has 1 atom stereocenters. The molecule has 1 heterocycles. The second kappa shape index (κ2) is 12.5. The fourth-order valence-electron chi connectivity index (χ4n) is 5.30. The van der Waals surface area contributed by atoms with Crippen molar-refractivity contribution < 1.29 is 19.5 Å². The summed E-state index contributed by atoms with van der Waals surface area (Å²) in [4.78, 5) is 29.0. The molecule has 7 heteroatoms. The molecular formula is C31H35N3O4. The molecular weight excluding hydrogens is 478 g/mol. The molecule has 2 aromatic carbocycles. The second-order valence-electron chi connectivity index (χ2n) is 10.0. The minimum atomic E-state index is -0.165. The van der Waals surface area contributed by atoms with Gasteiger partial charge in [-0.15, -0.1) is 0 Å². The number of ether oxygens (including phenoxy) is 1. The van der Waals surface area contributed by atoms with Gasteiger partial charge >= 0.3 is 5.97 Å². The molecule has 0 aliphatic heterocycles. The maximum absolute atomic E-state index is 13.0.